The number of benzene rings is 1. The molecule has 1 aromatic rings. The van der Waals surface area contributed by atoms with Crippen molar-refractivity contribution in [2.24, 2.45) is 11.8 Å². The van der Waals surface area contributed by atoms with Crippen LogP contribution in [0.4, 0.5) is 0 Å². The molecule has 2 nitrogen and oxygen atoms in total. The highest BCUT2D eigenvalue weighted by molar-refractivity contribution is 5.48. The fourth-order valence-corrected chi connectivity index (χ4v) is 3.71. The van der Waals surface area contributed by atoms with E-state index in [0.717, 1.165) is 48.5 Å². The van der Waals surface area contributed by atoms with Gasteiger partial charge in [-0.25, -0.2) is 0 Å². The van der Waals surface area contributed by atoms with Crippen LogP contribution in [0.1, 0.15) is 62.6 Å². The number of aryl methyl sites for hydroxylation is 1. The zero-order valence-electron chi connectivity index (χ0n) is 14.2. The Kier molecular flexibility index (Phi) is 4.98. The number of methoxy groups -OCH3 is 1. The van der Waals surface area contributed by atoms with Crippen molar-refractivity contribution in [2.75, 3.05) is 7.11 Å². The van der Waals surface area contributed by atoms with Gasteiger partial charge in [0.05, 0.1) is 12.7 Å². The first kappa shape index (κ1) is 16.4. The molecule has 0 radical (unpaired) electrons. The molecule has 2 atom stereocenters. The van der Waals surface area contributed by atoms with Crippen LogP contribution in [0.25, 0.3) is 0 Å². The number of hydrogen-bond donors (Lipinski definition) is 1. The van der Waals surface area contributed by atoms with Gasteiger partial charge < -0.3 is 9.84 Å². The molecule has 0 heterocycles. The summed E-state index contributed by atoms with van der Waals surface area (Å²) in [5.41, 5.74) is 2.62. The summed E-state index contributed by atoms with van der Waals surface area (Å²) in [6.07, 6.45) is 5.11. The maximum absolute atomic E-state index is 11.3. The van der Waals surface area contributed by atoms with Gasteiger partial charge in [0.2, 0.25) is 0 Å². The van der Waals surface area contributed by atoms with Crippen molar-refractivity contribution in [1.29, 1.82) is 0 Å². The molecule has 1 aromatic carbocycles. The highest BCUT2D eigenvalue weighted by Gasteiger charge is 2.36. The third-order valence-corrected chi connectivity index (χ3v) is 5.42. The van der Waals surface area contributed by atoms with E-state index < -0.39 is 5.60 Å². The Balaban J connectivity index is 2.34. The minimum Gasteiger partial charge on any atom is -0.496 e. The largest absolute Gasteiger partial charge is 0.496 e. The molecule has 0 aliphatic heterocycles. The Labute approximate surface area is 129 Å². The molecule has 1 N–H and O–H groups in total. The first-order chi connectivity index (χ1) is 9.89. The van der Waals surface area contributed by atoms with Crippen LogP contribution in [-0.2, 0) is 5.60 Å². The standard InChI is InChI=1S/C19H30O2/c1-13(2)16-7-6-11-19(20,12-10-16)17-9-8-14(3)15(4)18(17)21-5/h8-9,13,16,20H,6-7,10-12H2,1-5H3. The Morgan fingerprint density at radius 1 is 1.19 bits per heavy atom. The lowest BCUT2D eigenvalue weighted by molar-refractivity contribution is 0.0168. The van der Waals surface area contributed by atoms with E-state index in [9.17, 15) is 5.11 Å². The third kappa shape index (κ3) is 3.26. The first-order valence-corrected chi connectivity index (χ1v) is 8.26. The maximum atomic E-state index is 11.3. The highest BCUT2D eigenvalue weighted by atomic mass is 16.5. The topological polar surface area (TPSA) is 29.5 Å². The van der Waals surface area contributed by atoms with Gasteiger partial charge in [0.1, 0.15) is 5.75 Å². The van der Waals surface area contributed by atoms with E-state index in [0.29, 0.717) is 5.92 Å². The third-order valence-electron chi connectivity index (χ3n) is 5.42. The van der Waals surface area contributed by atoms with Gasteiger partial charge in [-0.1, -0.05) is 32.4 Å². The van der Waals surface area contributed by atoms with Crippen molar-refractivity contribution >= 4 is 0 Å². The second-order valence-electron chi connectivity index (χ2n) is 7.05. The monoisotopic (exact) mass is 290 g/mol. The van der Waals surface area contributed by atoms with E-state index in [2.05, 4.69) is 39.8 Å². The van der Waals surface area contributed by atoms with Crippen LogP contribution in [0.3, 0.4) is 0 Å². The molecule has 0 spiro atoms. The lowest BCUT2D eigenvalue weighted by Crippen LogP contribution is -2.26. The van der Waals surface area contributed by atoms with Crippen molar-refractivity contribution in [3.63, 3.8) is 0 Å². The molecule has 0 bridgehead atoms. The lowest BCUT2D eigenvalue weighted by Gasteiger charge is -2.30. The van der Waals surface area contributed by atoms with Gasteiger partial charge in [0, 0.05) is 5.56 Å². The van der Waals surface area contributed by atoms with E-state index in [4.69, 9.17) is 4.74 Å². The van der Waals surface area contributed by atoms with E-state index in [1.165, 1.54) is 12.0 Å². The molecule has 1 fully saturated rings. The minimum atomic E-state index is -0.729. The van der Waals surface area contributed by atoms with Gasteiger partial charge in [-0.3, -0.25) is 0 Å². The summed E-state index contributed by atoms with van der Waals surface area (Å²) >= 11 is 0. The molecule has 0 aromatic heterocycles. The predicted molar refractivity (Wildman–Crippen MR) is 87.8 cm³/mol. The normalized spacial score (nSPS) is 26.7. The molecule has 1 aliphatic rings. The quantitative estimate of drug-likeness (QED) is 0.815. The van der Waals surface area contributed by atoms with Gasteiger partial charge >= 0.3 is 0 Å². The number of rotatable bonds is 3. The van der Waals surface area contributed by atoms with Crippen LogP contribution in [0.5, 0.6) is 5.75 Å². The summed E-state index contributed by atoms with van der Waals surface area (Å²) in [5.74, 6) is 2.31. The Bertz CT molecular complexity index is 493. The Morgan fingerprint density at radius 3 is 2.52 bits per heavy atom. The van der Waals surface area contributed by atoms with Gasteiger partial charge in [-0.15, -0.1) is 0 Å². The fraction of sp³-hybridized carbons (Fsp3) is 0.684. The molecule has 2 unspecified atom stereocenters. The van der Waals surface area contributed by atoms with Crippen molar-refractivity contribution in [1.82, 2.24) is 0 Å². The van der Waals surface area contributed by atoms with E-state index in [1.54, 1.807) is 7.11 Å². The second kappa shape index (κ2) is 6.39. The molecule has 1 saturated carbocycles. The summed E-state index contributed by atoms with van der Waals surface area (Å²) < 4.78 is 5.63. The van der Waals surface area contributed by atoms with E-state index >= 15 is 0 Å². The first-order valence-electron chi connectivity index (χ1n) is 8.26. The highest BCUT2D eigenvalue weighted by Crippen LogP contribution is 2.44. The average molecular weight is 290 g/mol. The fourth-order valence-electron chi connectivity index (χ4n) is 3.71. The van der Waals surface area contributed by atoms with Crippen molar-refractivity contribution in [3.8, 4) is 5.75 Å². The Morgan fingerprint density at radius 2 is 1.90 bits per heavy atom. The summed E-state index contributed by atoms with van der Waals surface area (Å²) in [7, 11) is 1.71. The van der Waals surface area contributed by atoms with Crippen LogP contribution >= 0.6 is 0 Å². The smallest absolute Gasteiger partial charge is 0.128 e. The van der Waals surface area contributed by atoms with Crippen LogP contribution < -0.4 is 4.74 Å². The van der Waals surface area contributed by atoms with E-state index in [-0.39, 0.29) is 0 Å². The van der Waals surface area contributed by atoms with Crippen molar-refractivity contribution < 1.29 is 9.84 Å². The number of ether oxygens (including phenoxy) is 1. The van der Waals surface area contributed by atoms with E-state index in [1.807, 2.05) is 0 Å². The van der Waals surface area contributed by atoms with Crippen LogP contribution in [0, 0.1) is 25.7 Å². The molecule has 0 saturated heterocycles. The molecular formula is C19H30O2. The Hall–Kier alpha value is -1.02. The van der Waals surface area contributed by atoms with Crippen LogP contribution in [0.15, 0.2) is 12.1 Å². The summed E-state index contributed by atoms with van der Waals surface area (Å²) in [4.78, 5) is 0. The zero-order valence-corrected chi connectivity index (χ0v) is 14.2. The SMILES string of the molecule is COc1c(C2(O)CCCC(C(C)C)CC2)ccc(C)c1C. The van der Waals surface area contributed by atoms with Crippen LogP contribution in [-0.4, -0.2) is 12.2 Å². The minimum absolute atomic E-state index is 0.703. The van der Waals surface area contributed by atoms with Gasteiger partial charge in [-0.05, 0) is 62.5 Å². The van der Waals surface area contributed by atoms with Crippen LogP contribution in [0.2, 0.25) is 0 Å². The molecule has 2 rings (SSSR count). The predicted octanol–water partition coefficient (Wildman–Crippen LogP) is 4.74. The number of hydrogen-bond acceptors (Lipinski definition) is 2. The molecular weight excluding hydrogens is 260 g/mol. The molecule has 21 heavy (non-hydrogen) atoms. The van der Waals surface area contributed by atoms with Gasteiger partial charge in [0.25, 0.3) is 0 Å². The summed E-state index contributed by atoms with van der Waals surface area (Å²) in [6, 6.07) is 4.17. The van der Waals surface area contributed by atoms with Crippen molar-refractivity contribution in [2.45, 2.75) is 65.4 Å². The molecule has 0 amide bonds. The zero-order chi connectivity index (χ0) is 15.6. The average Bonchev–Trinajstić information content (AvgIpc) is 2.64. The second-order valence-corrected chi connectivity index (χ2v) is 7.05. The molecule has 2 heteroatoms. The number of aliphatic hydroxyl groups is 1. The molecule has 118 valence electrons. The van der Waals surface area contributed by atoms with Crippen molar-refractivity contribution in [3.05, 3.63) is 28.8 Å². The summed E-state index contributed by atoms with van der Waals surface area (Å²) in [5, 5.41) is 11.3. The maximum Gasteiger partial charge on any atom is 0.128 e. The van der Waals surface area contributed by atoms with Gasteiger partial charge in [0.15, 0.2) is 0 Å². The lowest BCUT2D eigenvalue weighted by atomic mass is 9.83. The summed E-state index contributed by atoms with van der Waals surface area (Å²) in [6.45, 7) is 8.76. The van der Waals surface area contributed by atoms with Gasteiger partial charge in [-0.2, -0.15) is 0 Å². The molecule has 1 aliphatic carbocycles.